The van der Waals surface area contributed by atoms with Crippen molar-refractivity contribution in [2.24, 2.45) is 0 Å². The van der Waals surface area contributed by atoms with Gasteiger partial charge in [-0.25, -0.2) is 0 Å². The fourth-order valence-corrected chi connectivity index (χ4v) is 2.34. The maximum atomic E-state index is 2.26. The first-order chi connectivity index (χ1) is 7.93. The zero-order chi connectivity index (χ0) is 11.5. The van der Waals surface area contributed by atoms with E-state index < -0.39 is 0 Å². The average Bonchev–Trinajstić information content (AvgIpc) is 2.34. The molecule has 0 aliphatic heterocycles. The largest absolute Gasteiger partial charge is 0.158 e. The van der Waals surface area contributed by atoms with Crippen LogP contribution in [0.5, 0.6) is 0 Å². The molecule has 0 amide bonds. The number of hydrogen-bond donors (Lipinski definition) is 0. The van der Waals surface area contributed by atoms with Crippen molar-refractivity contribution in [3.05, 3.63) is 42.0 Å². The van der Waals surface area contributed by atoms with Gasteiger partial charge < -0.3 is 0 Å². The van der Waals surface area contributed by atoms with Crippen molar-refractivity contribution in [1.29, 1.82) is 0 Å². The van der Waals surface area contributed by atoms with Crippen LogP contribution >= 0.6 is 11.8 Å². The predicted octanol–water partition coefficient (Wildman–Crippen LogP) is 5.01. The van der Waals surface area contributed by atoms with E-state index in [9.17, 15) is 0 Å². The van der Waals surface area contributed by atoms with Crippen LogP contribution in [-0.4, -0.2) is 11.5 Å². The second kappa shape index (κ2) is 9.53. The van der Waals surface area contributed by atoms with Crippen molar-refractivity contribution in [3.63, 3.8) is 0 Å². The van der Waals surface area contributed by atoms with Crippen molar-refractivity contribution in [1.82, 2.24) is 0 Å². The molecule has 0 aliphatic rings. The average molecular weight is 234 g/mol. The van der Waals surface area contributed by atoms with E-state index in [2.05, 4.69) is 49.4 Å². The van der Waals surface area contributed by atoms with Gasteiger partial charge in [0.05, 0.1) is 0 Å². The third-order valence-electron chi connectivity index (χ3n) is 2.47. The molecule has 1 aromatic rings. The van der Waals surface area contributed by atoms with Gasteiger partial charge >= 0.3 is 0 Å². The van der Waals surface area contributed by atoms with E-state index in [0.717, 1.165) is 5.75 Å². The summed E-state index contributed by atoms with van der Waals surface area (Å²) in [7, 11) is 0. The van der Waals surface area contributed by atoms with Crippen molar-refractivity contribution in [2.45, 2.75) is 32.6 Å². The van der Waals surface area contributed by atoms with Gasteiger partial charge in [-0.05, 0) is 17.7 Å². The first kappa shape index (κ1) is 13.4. The van der Waals surface area contributed by atoms with Crippen molar-refractivity contribution < 1.29 is 0 Å². The molecular formula is C15H22S. The highest BCUT2D eigenvalue weighted by Gasteiger charge is 1.88. The summed E-state index contributed by atoms with van der Waals surface area (Å²) in [5.41, 5.74) is 1.30. The predicted molar refractivity (Wildman–Crippen MR) is 76.9 cm³/mol. The second-order valence-electron chi connectivity index (χ2n) is 3.95. The Bertz CT molecular complexity index is 277. The molecule has 1 rings (SSSR count). The first-order valence-electron chi connectivity index (χ1n) is 6.23. The molecule has 1 heteroatoms. The highest BCUT2D eigenvalue weighted by Crippen LogP contribution is 2.09. The molecule has 0 aromatic heterocycles. The Morgan fingerprint density at radius 1 is 1.06 bits per heavy atom. The monoisotopic (exact) mass is 234 g/mol. The van der Waals surface area contributed by atoms with Crippen LogP contribution in [0, 0.1) is 0 Å². The van der Waals surface area contributed by atoms with E-state index in [1.54, 1.807) is 0 Å². The molecule has 0 fully saturated rings. The third kappa shape index (κ3) is 6.73. The van der Waals surface area contributed by atoms with Crippen molar-refractivity contribution in [2.75, 3.05) is 11.5 Å². The zero-order valence-electron chi connectivity index (χ0n) is 10.2. The molecule has 0 N–H and O–H groups in total. The number of unbranched alkanes of at least 4 members (excludes halogenated alkanes) is 3. The SMILES string of the molecule is CCCCCCSC/C=C/c1ccccc1. The van der Waals surface area contributed by atoms with Gasteiger partial charge in [0, 0.05) is 5.75 Å². The molecule has 0 aliphatic carbocycles. The minimum atomic E-state index is 1.14. The van der Waals surface area contributed by atoms with Crippen molar-refractivity contribution >= 4 is 17.8 Å². The zero-order valence-corrected chi connectivity index (χ0v) is 11.0. The van der Waals surface area contributed by atoms with Crippen LogP contribution in [0.2, 0.25) is 0 Å². The second-order valence-corrected chi connectivity index (χ2v) is 5.10. The Morgan fingerprint density at radius 3 is 2.62 bits per heavy atom. The molecule has 0 bridgehead atoms. The fourth-order valence-electron chi connectivity index (χ4n) is 1.53. The molecular weight excluding hydrogens is 212 g/mol. The summed E-state index contributed by atoms with van der Waals surface area (Å²) >= 11 is 2.04. The lowest BCUT2D eigenvalue weighted by atomic mass is 10.2. The summed E-state index contributed by atoms with van der Waals surface area (Å²) in [6.07, 6.45) is 9.96. The van der Waals surface area contributed by atoms with Gasteiger partial charge in [0.25, 0.3) is 0 Å². The first-order valence-corrected chi connectivity index (χ1v) is 7.38. The molecule has 88 valence electrons. The van der Waals surface area contributed by atoms with Crippen LogP contribution < -0.4 is 0 Å². The van der Waals surface area contributed by atoms with E-state index in [0.29, 0.717) is 0 Å². The van der Waals surface area contributed by atoms with Crippen LogP contribution in [0.1, 0.15) is 38.2 Å². The smallest absolute Gasteiger partial charge is 0.0116 e. The Kier molecular flexibility index (Phi) is 7.97. The van der Waals surface area contributed by atoms with Gasteiger partial charge in [-0.15, -0.1) is 0 Å². The Balaban J connectivity index is 2.01. The van der Waals surface area contributed by atoms with Crippen LogP contribution in [0.25, 0.3) is 6.08 Å². The third-order valence-corrected chi connectivity index (χ3v) is 3.47. The molecule has 16 heavy (non-hydrogen) atoms. The fraction of sp³-hybridized carbons (Fsp3) is 0.467. The lowest BCUT2D eigenvalue weighted by Crippen LogP contribution is -1.81. The minimum Gasteiger partial charge on any atom is -0.158 e. The molecule has 0 spiro atoms. The number of thioether (sulfide) groups is 1. The molecule has 0 nitrogen and oxygen atoms in total. The van der Waals surface area contributed by atoms with Gasteiger partial charge in [0.2, 0.25) is 0 Å². The summed E-state index contributed by atoms with van der Waals surface area (Å²) in [6, 6.07) is 10.5. The maximum absolute atomic E-state index is 2.26. The summed E-state index contributed by atoms with van der Waals surface area (Å²) in [6.45, 7) is 2.26. The lowest BCUT2D eigenvalue weighted by molar-refractivity contribution is 0.706. The highest BCUT2D eigenvalue weighted by atomic mass is 32.2. The van der Waals surface area contributed by atoms with E-state index in [-0.39, 0.29) is 0 Å². The lowest BCUT2D eigenvalue weighted by Gasteiger charge is -1.97. The normalized spacial score (nSPS) is 11.1. The topological polar surface area (TPSA) is 0 Å². The molecule has 1 aromatic carbocycles. The van der Waals surface area contributed by atoms with E-state index in [4.69, 9.17) is 0 Å². The quantitative estimate of drug-likeness (QED) is 0.570. The van der Waals surface area contributed by atoms with E-state index >= 15 is 0 Å². The molecule has 0 atom stereocenters. The van der Waals surface area contributed by atoms with Crippen LogP contribution in [-0.2, 0) is 0 Å². The number of rotatable bonds is 8. The van der Waals surface area contributed by atoms with Gasteiger partial charge in [-0.3, -0.25) is 0 Å². The Labute approximate surface area is 104 Å². The van der Waals surface area contributed by atoms with Crippen molar-refractivity contribution in [3.8, 4) is 0 Å². The summed E-state index contributed by atoms with van der Waals surface area (Å²) in [5, 5.41) is 0. The molecule has 0 unspecified atom stereocenters. The molecule has 0 radical (unpaired) electrons. The van der Waals surface area contributed by atoms with Crippen LogP contribution in [0.3, 0.4) is 0 Å². The Morgan fingerprint density at radius 2 is 1.88 bits per heavy atom. The summed E-state index contributed by atoms with van der Waals surface area (Å²) in [5.74, 6) is 2.44. The molecule has 0 saturated heterocycles. The number of benzene rings is 1. The summed E-state index contributed by atoms with van der Waals surface area (Å²) in [4.78, 5) is 0. The van der Waals surface area contributed by atoms with Gasteiger partial charge in [0.15, 0.2) is 0 Å². The van der Waals surface area contributed by atoms with Gasteiger partial charge in [-0.1, -0.05) is 68.7 Å². The molecule has 0 heterocycles. The summed E-state index contributed by atoms with van der Waals surface area (Å²) < 4.78 is 0. The molecule has 0 saturated carbocycles. The highest BCUT2D eigenvalue weighted by molar-refractivity contribution is 7.99. The van der Waals surface area contributed by atoms with Crippen LogP contribution in [0.4, 0.5) is 0 Å². The standard InChI is InChI=1S/C15H22S/c1-2-3-4-8-13-16-14-9-12-15-10-6-5-7-11-15/h5-7,9-12H,2-4,8,13-14H2,1H3/b12-9+. The Hall–Kier alpha value is -0.690. The number of hydrogen-bond acceptors (Lipinski definition) is 1. The van der Waals surface area contributed by atoms with Gasteiger partial charge in [-0.2, -0.15) is 11.8 Å². The van der Waals surface area contributed by atoms with Gasteiger partial charge in [0.1, 0.15) is 0 Å². The van der Waals surface area contributed by atoms with E-state index in [1.165, 1.54) is 37.0 Å². The maximum Gasteiger partial charge on any atom is 0.0116 e. The van der Waals surface area contributed by atoms with Crippen LogP contribution in [0.15, 0.2) is 36.4 Å². The minimum absolute atomic E-state index is 1.14. The van der Waals surface area contributed by atoms with E-state index in [1.807, 2.05) is 11.8 Å².